The SMILES string of the molecule is C=CCCC(C)NC1CCCC1O. The van der Waals surface area contributed by atoms with Crippen LogP contribution in [0.1, 0.15) is 39.0 Å². The van der Waals surface area contributed by atoms with Gasteiger partial charge in [-0.3, -0.25) is 0 Å². The zero-order valence-corrected chi connectivity index (χ0v) is 8.50. The summed E-state index contributed by atoms with van der Waals surface area (Å²) in [5, 5.41) is 13.0. The summed E-state index contributed by atoms with van der Waals surface area (Å²) in [5.74, 6) is 0. The molecule has 1 aliphatic rings. The zero-order valence-electron chi connectivity index (χ0n) is 8.50. The van der Waals surface area contributed by atoms with Gasteiger partial charge in [0.25, 0.3) is 0 Å². The molecule has 2 N–H and O–H groups in total. The fraction of sp³-hybridized carbons (Fsp3) is 0.818. The maximum absolute atomic E-state index is 9.58. The van der Waals surface area contributed by atoms with E-state index < -0.39 is 0 Å². The number of rotatable bonds is 5. The molecule has 0 radical (unpaired) electrons. The van der Waals surface area contributed by atoms with Crippen molar-refractivity contribution in [2.24, 2.45) is 0 Å². The standard InChI is InChI=1S/C11H21NO/c1-3-4-6-9(2)12-10-7-5-8-11(10)13/h3,9-13H,1,4-8H2,2H3. The first kappa shape index (κ1) is 10.7. The second kappa shape index (κ2) is 5.40. The molecule has 1 aliphatic carbocycles. The second-order valence-corrected chi connectivity index (χ2v) is 4.04. The number of allylic oxidation sites excluding steroid dienone is 1. The van der Waals surface area contributed by atoms with Crippen molar-refractivity contribution in [2.45, 2.75) is 57.2 Å². The topological polar surface area (TPSA) is 32.3 Å². The van der Waals surface area contributed by atoms with Crippen LogP contribution in [0.5, 0.6) is 0 Å². The van der Waals surface area contributed by atoms with Crippen molar-refractivity contribution in [2.75, 3.05) is 0 Å². The molecule has 0 saturated heterocycles. The lowest BCUT2D eigenvalue weighted by Gasteiger charge is -2.21. The molecule has 0 spiro atoms. The summed E-state index contributed by atoms with van der Waals surface area (Å²) in [7, 11) is 0. The van der Waals surface area contributed by atoms with Gasteiger partial charge in [0, 0.05) is 12.1 Å². The van der Waals surface area contributed by atoms with Crippen LogP contribution < -0.4 is 5.32 Å². The lowest BCUT2D eigenvalue weighted by Crippen LogP contribution is -2.41. The third-order valence-corrected chi connectivity index (χ3v) is 2.78. The van der Waals surface area contributed by atoms with Crippen LogP contribution in [-0.4, -0.2) is 23.3 Å². The molecule has 2 nitrogen and oxygen atoms in total. The Labute approximate surface area is 81.0 Å². The van der Waals surface area contributed by atoms with E-state index in [2.05, 4.69) is 18.8 Å². The first-order chi connectivity index (χ1) is 6.24. The van der Waals surface area contributed by atoms with E-state index in [1.165, 1.54) is 0 Å². The Morgan fingerprint density at radius 1 is 1.62 bits per heavy atom. The van der Waals surface area contributed by atoms with Gasteiger partial charge in [-0.15, -0.1) is 6.58 Å². The minimum atomic E-state index is -0.119. The summed E-state index contributed by atoms with van der Waals surface area (Å²) in [4.78, 5) is 0. The molecule has 0 aliphatic heterocycles. The lowest BCUT2D eigenvalue weighted by molar-refractivity contribution is 0.143. The third kappa shape index (κ3) is 3.49. The molecular weight excluding hydrogens is 162 g/mol. The molecule has 3 atom stereocenters. The van der Waals surface area contributed by atoms with Gasteiger partial charge < -0.3 is 10.4 Å². The molecule has 13 heavy (non-hydrogen) atoms. The van der Waals surface area contributed by atoms with Crippen molar-refractivity contribution in [1.82, 2.24) is 5.32 Å². The Kier molecular flexibility index (Phi) is 4.46. The molecule has 0 aromatic heterocycles. The van der Waals surface area contributed by atoms with Gasteiger partial charge in [0.2, 0.25) is 0 Å². The maximum Gasteiger partial charge on any atom is 0.0693 e. The number of hydrogen-bond acceptors (Lipinski definition) is 2. The van der Waals surface area contributed by atoms with Gasteiger partial charge in [0.1, 0.15) is 0 Å². The predicted molar refractivity (Wildman–Crippen MR) is 55.7 cm³/mol. The lowest BCUT2D eigenvalue weighted by atomic mass is 10.1. The number of hydrogen-bond donors (Lipinski definition) is 2. The van der Waals surface area contributed by atoms with Crippen LogP contribution in [0.2, 0.25) is 0 Å². The molecule has 0 bridgehead atoms. The van der Waals surface area contributed by atoms with Gasteiger partial charge in [-0.05, 0) is 39.0 Å². The molecule has 76 valence electrons. The fourth-order valence-corrected chi connectivity index (χ4v) is 1.95. The van der Waals surface area contributed by atoms with Crippen molar-refractivity contribution < 1.29 is 5.11 Å². The van der Waals surface area contributed by atoms with Crippen LogP contribution in [0, 0.1) is 0 Å². The Morgan fingerprint density at radius 2 is 2.38 bits per heavy atom. The molecule has 1 rings (SSSR count). The van der Waals surface area contributed by atoms with E-state index >= 15 is 0 Å². The van der Waals surface area contributed by atoms with Gasteiger partial charge in [-0.25, -0.2) is 0 Å². The molecule has 2 heteroatoms. The number of aliphatic hydroxyl groups excluding tert-OH is 1. The highest BCUT2D eigenvalue weighted by Crippen LogP contribution is 2.19. The van der Waals surface area contributed by atoms with Crippen LogP contribution in [0.25, 0.3) is 0 Å². The van der Waals surface area contributed by atoms with E-state index in [1.807, 2.05) is 6.08 Å². The number of nitrogens with one attached hydrogen (secondary N) is 1. The van der Waals surface area contributed by atoms with Crippen molar-refractivity contribution in [3.05, 3.63) is 12.7 Å². The van der Waals surface area contributed by atoms with E-state index in [9.17, 15) is 5.11 Å². The highest BCUT2D eigenvalue weighted by molar-refractivity contribution is 4.85. The van der Waals surface area contributed by atoms with Gasteiger partial charge in [0.15, 0.2) is 0 Å². The van der Waals surface area contributed by atoms with E-state index in [4.69, 9.17) is 0 Å². The van der Waals surface area contributed by atoms with Crippen LogP contribution in [0.4, 0.5) is 0 Å². The number of aliphatic hydroxyl groups is 1. The zero-order chi connectivity index (χ0) is 9.68. The van der Waals surface area contributed by atoms with Crippen molar-refractivity contribution in [1.29, 1.82) is 0 Å². The highest BCUT2D eigenvalue weighted by atomic mass is 16.3. The molecule has 0 heterocycles. The van der Waals surface area contributed by atoms with Crippen LogP contribution in [-0.2, 0) is 0 Å². The summed E-state index contributed by atoms with van der Waals surface area (Å²) >= 11 is 0. The Bertz CT molecular complexity index is 158. The average molecular weight is 183 g/mol. The summed E-state index contributed by atoms with van der Waals surface area (Å²) in [6.07, 6.45) is 7.25. The van der Waals surface area contributed by atoms with Crippen molar-refractivity contribution in [3.63, 3.8) is 0 Å². The van der Waals surface area contributed by atoms with E-state index in [0.29, 0.717) is 12.1 Å². The minimum absolute atomic E-state index is 0.119. The molecular formula is C11H21NO. The van der Waals surface area contributed by atoms with Gasteiger partial charge >= 0.3 is 0 Å². The summed E-state index contributed by atoms with van der Waals surface area (Å²) in [5.41, 5.74) is 0. The van der Waals surface area contributed by atoms with E-state index in [-0.39, 0.29) is 6.10 Å². The monoisotopic (exact) mass is 183 g/mol. The smallest absolute Gasteiger partial charge is 0.0693 e. The summed E-state index contributed by atoms with van der Waals surface area (Å²) < 4.78 is 0. The average Bonchev–Trinajstić information content (AvgIpc) is 2.48. The van der Waals surface area contributed by atoms with Crippen LogP contribution >= 0.6 is 0 Å². The highest BCUT2D eigenvalue weighted by Gasteiger charge is 2.25. The third-order valence-electron chi connectivity index (χ3n) is 2.78. The first-order valence-electron chi connectivity index (χ1n) is 5.29. The summed E-state index contributed by atoms with van der Waals surface area (Å²) in [6.45, 7) is 5.88. The first-order valence-corrected chi connectivity index (χ1v) is 5.29. The van der Waals surface area contributed by atoms with Gasteiger partial charge in [-0.1, -0.05) is 6.08 Å². The Balaban J connectivity index is 2.18. The quantitative estimate of drug-likeness (QED) is 0.637. The molecule has 1 fully saturated rings. The second-order valence-electron chi connectivity index (χ2n) is 4.04. The van der Waals surface area contributed by atoms with Crippen molar-refractivity contribution in [3.8, 4) is 0 Å². The minimum Gasteiger partial charge on any atom is -0.392 e. The summed E-state index contributed by atoms with van der Waals surface area (Å²) in [6, 6.07) is 0.829. The van der Waals surface area contributed by atoms with E-state index in [1.54, 1.807) is 0 Å². The Hall–Kier alpha value is -0.340. The Morgan fingerprint density at radius 3 is 2.92 bits per heavy atom. The molecule has 1 saturated carbocycles. The predicted octanol–water partition coefficient (Wildman–Crippen LogP) is 1.84. The van der Waals surface area contributed by atoms with Gasteiger partial charge in [-0.2, -0.15) is 0 Å². The molecule has 0 aromatic rings. The van der Waals surface area contributed by atoms with Gasteiger partial charge in [0.05, 0.1) is 6.10 Å². The van der Waals surface area contributed by atoms with Crippen molar-refractivity contribution >= 4 is 0 Å². The molecule has 0 aromatic carbocycles. The largest absolute Gasteiger partial charge is 0.392 e. The van der Waals surface area contributed by atoms with Crippen LogP contribution in [0.15, 0.2) is 12.7 Å². The fourth-order valence-electron chi connectivity index (χ4n) is 1.95. The van der Waals surface area contributed by atoms with Crippen LogP contribution in [0.3, 0.4) is 0 Å². The molecule has 0 amide bonds. The normalized spacial score (nSPS) is 30.3. The van der Waals surface area contributed by atoms with E-state index in [0.717, 1.165) is 32.1 Å². The maximum atomic E-state index is 9.58. The molecule has 3 unspecified atom stereocenters.